The third kappa shape index (κ3) is 2.57. The Balaban J connectivity index is 2.04. The predicted octanol–water partition coefficient (Wildman–Crippen LogP) is 0.814. The van der Waals surface area contributed by atoms with Gasteiger partial charge in [0.05, 0.1) is 11.2 Å². The molecule has 2 aliphatic carbocycles. The van der Waals surface area contributed by atoms with Gasteiger partial charge in [-0.3, -0.25) is 0 Å². The lowest BCUT2D eigenvalue weighted by Gasteiger charge is -2.50. The maximum atomic E-state index is 10.8. The van der Waals surface area contributed by atoms with Gasteiger partial charge in [-0.2, -0.15) is 0 Å². The Morgan fingerprint density at radius 3 is 1.94 bits per heavy atom. The van der Waals surface area contributed by atoms with Gasteiger partial charge in [0.25, 0.3) is 0 Å². The predicted molar refractivity (Wildman–Crippen MR) is 68.0 cm³/mol. The molecule has 2 rings (SSSR count). The van der Waals surface area contributed by atoms with Gasteiger partial charge in [0.2, 0.25) is 0 Å². The van der Waals surface area contributed by atoms with E-state index in [4.69, 9.17) is 5.11 Å². The summed E-state index contributed by atoms with van der Waals surface area (Å²) in [5, 5.41) is 40.0. The van der Waals surface area contributed by atoms with Crippen LogP contribution in [0.15, 0.2) is 0 Å². The molecule has 0 aromatic carbocycles. The van der Waals surface area contributed by atoms with Crippen LogP contribution in [-0.2, 0) is 0 Å². The summed E-state index contributed by atoms with van der Waals surface area (Å²) in [6.07, 6.45) is 5.62. The SMILES string of the molecule is OCC1CCC(O)(C2(O)CCCC(CO)C2)CC1. The van der Waals surface area contributed by atoms with Gasteiger partial charge in [0.1, 0.15) is 0 Å². The third-order valence-electron chi connectivity index (χ3n) is 5.14. The lowest BCUT2D eigenvalue weighted by Crippen LogP contribution is -2.58. The fraction of sp³-hybridized carbons (Fsp3) is 1.00. The Morgan fingerprint density at radius 2 is 1.39 bits per heavy atom. The molecule has 0 heterocycles. The molecular weight excluding hydrogens is 232 g/mol. The molecule has 2 saturated carbocycles. The van der Waals surface area contributed by atoms with Gasteiger partial charge < -0.3 is 20.4 Å². The highest BCUT2D eigenvalue weighted by atomic mass is 16.4. The quantitative estimate of drug-likeness (QED) is 0.604. The van der Waals surface area contributed by atoms with Gasteiger partial charge in [0, 0.05) is 13.2 Å². The van der Waals surface area contributed by atoms with Crippen LogP contribution >= 0.6 is 0 Å². The second-order valence-corrected chi connectivity index (χ2v) is 6.33. The van der Waals surface area contributed by atoms with Crippen LogP contribution in [0.2, 0.25) is 0 Å². The lowest BCUT2D eigenvalue weighted by molar-refractivity contribution is -0.196. The number of hydrogen-bond acceptors (Lipinski definition) is 4. The van der Waals surface area contributed by atoms with Gasteiger partial charge in [-0.05, 0) is 56.8 Å². The van der Waals surface area contributed by atoms with Crippen LogP contribution < -0.4 is 0 Å². The Kier molecular flexibility index (Phi) is 4.32. The van der Waals surface area contributed by atoms with Crippen LogP contribution in [0.25, 0.3) is 0 Å². The first-order valence-corrected chi connectivity index (χ1v) is 7.19. The summed E-state index contributed by atoms with van der Waals surface area (Å²) in [7, 11) is 0. The van der Waals surface area contributed by atoms with Crippen molar-refractivity contribution in [3.05, 3.63) is 0 Å². The number of aliphatic hydroxyl groups excluding tert-OH is 2. The summed E-state index contributed by atoms with van der Waals surface area (Å²) in [5.41, 5.74) is -2.06. The van der Waals surface area contributed by atoms with Gasteiger partial charge in [0.15, 0.2) is 0 Å². The average Bonchev–Trinajstić information content (AvgIpc) is 2.39. The number of aliphatic hydroxyl groups is 4. The van der Waals surface area contributed by atoms with Crippen molar-refractivity contribution in [2.75, 3.05) is 13.2 Å². The number of hydrogen-bond donors (Lipinski definition) is 4. The topological polar surface area (TPSA) is 80.9 Å². The first-order chi connectivity index (χ1) is 8.53. The molecule has 18 heavy (non-hydrogen) atoms. The molecule has 0 bridgehead atoms. The largest absolute Gasteiger partial charge is 0.396 e. The second-order valence-electron chi connectivity index (χ2n) is 6.33. The van der Waals surface area contributed by atoms with Crippen molar-refractivity contribution in [1.82, 2.24) is 0 Å². The Hall–Kier alpha value is -0.160. The minimum Gasteiger partial charge on any atom is -0.396 e. The Labute approximate surface area is 109 Å². The molecule has 0 aromatic rings. The smallest absolute Gasteiger partial charge is 0.0936 e. The molecule has 2 fully saturated rings. The highest BCUT2D eigenvalue weighted by molar-refractivity contribution is 5.04. The van der Waals surface area contributed by atoms with Crippen molar-refractivity contribution in [2.24, 2.45) is 11.8 Å². The standard InChI is InChI=1S/C14H26O4/c15-9-11-3-6-13(17,7-4-11)14(18)5-1-2-12(8-14)10-16/h11-12,15-18H,1-10H2. The first kappa shape index (κ1) is 14.3. The van der Waals surface area contributed by atoms with E-state index in [1.54, 1.807) is 0 Å². The van der Waals surface area contributed by atoms with Crippen LogP contribution in [0.3, 0.4) is 0 Å². The minimum absolute atomic E-state index is 0.0949. The highest BCUT2D eigenvalue weighted by Gasteiger charge is 2.52. The van der Waals surface area contributed by atoms with Crippen LogP contribution in [0.1, 0.15) is 51.4 Å². The van der Waals surface area contributed by atoms with E-state index < -0.39 is 11.2 Å². The maximum absolute atomic E-state index is 10.8. The number of rotatable bonds is 3. The van der Waals surface area contributed by atoms with Gasteiger partial charge in [-0.25, -0.2) is 0 Å². The van der Waals surface area contributed by atoms with Crippen LogP contribution in [0, 0.1) is 11.8 Å². The average molecular weight is 258 g/mol. The monoisotopic (exact) mass is 258 g/mol. The molecule has 4 N–H and O–H groups in total. The molecule has 0 amide bonds. The zero-order valence-corrected chi connectivity index (χ0v) is 11.0. The normalized spacial score (nSPS) is 46.0. The molecule has 0 aromatic heterocycles. The summed E-state index contributed by atoms with van der Waals surface area (Å²) in [6, 6.07) is 0. The summed E-state index contributed by atoms with van der Waals surface area (Å²) in [4.78, 5) is 0. The molecule has 0 aliphatic heterocycles. The van der Waals surface area contributed by atoms with Gasteiger partial charge >= 0.3 is 0 Å². The van der Waals surface area contributed by atoms with Gasteiger partial charge in [-0.1, -0.05) is 6.42 Å². The van der Waals surface area contributed by atoms with Crippen molar-refractivity contribution >= 4 is 0 Å². The van der Waals surface area contributed by atoms with Crippen molar-refractivity contribution in [3.63, 3.8) is 0 Å². The summed E-state index contributed by atoms with van der Waals surface area (Å²) in [6.45, 7) is 0.269. The fourth-order valence-corrected chi connectivity index (χ4v) is 3.75. The van der Waals surface area contributed by atoms with E-state index in [0.717, 1.165) is 25.7 Å². The van der Waals surface area contributed by atoms with Crippen LogP contribution in [0.4, 0.5) is 0 Å². The van der Waals surface area contributed by atoms with E-state index in [0.29, 0.717) is 25.7 Å². The van der Waals surface area contributed by atoms with Crippen molar-refractivity contribution in [2.45, 2.75) is 62.6 Å². The van der Waals surface area contributed by atoms with E-state index in [9.17, 15) is 15.3 Å². The molecule has 0 spiro atoms. The summed E-state index contributed by atoms with van der Waals surface area (Å²) < 4.78 is 0. The van der Waals surface area contributed by atoms with Gasteiger partial charge in [-0.15, -0.1) is 0 Å². The molecule has 4 nitrogen and oxygen atoms in total. The first-order valence-electron chi connectivity index (χ1n) is 7.19. The third-order valence-corrected chi connectivity index (χ3v) is 5.14. The highest BCUT2D eigenvalue weighted by Crippen LogP contribution is 2.47. The Bertz CT molecular complexity index is 273. The molecule has 2 atom stereocenters. The van der Waals surface area contributed by atoms with E-state index in [1.165, 1.54) is 0 Å². The van der Waals surface area contributed by atoms with E-state index in [-0.39, 0.29) is 25.0 Å². The molecule has 0 saturated heterocycles. The zero-order valence-electron chi connectivity index (χ0n) is 11.0. The molecule has 2 aliphatic rings. The maximum Gasteiger partial charge on any atom is 0.0936 e. The molecule has 0 radical (unpaired) electrons. The van der Waals surface area contributed by atoms with Crippen molar-refractivity contribution < 1.29 is 20.4 Å². The lowest BCUT2D eigenvalue weighted by atomic mass is 9.63. The molecule has 2 unspecified atom stereocenters. The molecule has 4 heteroatoms. The summed E-state index contributed by atoms with van der Waals surface area (Å²) >= 11 is 0. The van der Waals surface area contributed by atoms with Crippen LogP contribution in [-0.4, -0.2) is 44.8 Å². The second kappa shape index (κ2) is 5.45. The van der Waals surface area contributed by atoms with E-state index in [2.05, 4.69) is 0 Å². The zero-order chi connectivity index (χ0) is 13.2. The molecular formula is C14H26O4. The minimum atomic E-state index is -1.04. The fourth-order valence-electron chi connectivity index (χ4n) is 3.75. The van der Waals surface area contributed by atoms with Crippen molar-refractivity contribution in [1.29, 1.82) is 0 Å². The summed E-state index contributed by atoms with van der Waals surface area (Å²) in [5.74, 6) is 0.384. The molecule has 106 valence electrons. The van der Waals surface area contributed by atoms with E-state index >= 15 is 0 Å². The van der Waals surface area contributed by atoms with Crippen LogP contribution in [0.5, 0.6) is 0 Å². The van der Waals surface area contributed by atoms with Crippen molar-refractivity contribution in [3.8, 4) is 0 Å². The Morgan fingerprint density at radius 1 is 0.778 bits per heavy atom. The van der Waals surface area contributed by atoms with E-state index in [1.807, 2.05) is 0 Å².